The molecule has 0 aliphatic heterocycles. The molecule has 0 atom stereocenters. The highest BCUT2D eigenvalue weighted by molar-refractivity contribution is 6.08. The van der Waals surface area contributed by atoms with Gasteiger partial charge in [-0.15, -0.1) is 0 Å². The standard InChI is InChI=1S/C13H11NO5/c1-2-14-9-4-3-8(7-11(9)19-13(14)18)10(15)5-6-12(16)17/h3-7H,2H2,1H3,(H,16,17). The molecule has 0 aliphatic carbocycles. The molecule has 2 aromatic rings. The molecule has 1 aromatic carbocycles. The Labute approximate surface area is 107 Å². The van der Waals surface area contributed by atoms with Gasteiger partial charge in [-0.1, -0.05) is 0 Å². The number of carbonyl (C=O) groups is 2. The van der Waals surface area contributed by atoms with Crippen molar-refractivity contribution in [3.05, 3.63) is 46.5 Å². The third-order valence-electron chi connectivity index (χ3n) is 2.65. The van der Waals surface area contributed by atoms with Crippen LogP contribution in [0, 0.1) is 0 Å². The smallest absolute Gasteiger partial charge is 0.419 e. The van der Waals surface area contributed by atoms with Gasteiger partial charge in [-0.2, -0.15) is 0 Å². The van der Waals surface area contributed by atoms with E-state index in [1.807, 2.05) is 6.92 Å². The molecule has 19 heavy (non-hydrogen) atoms. The Hall–Kier alpha value is -2.63. The molecule has 0 fully saturated rings. The molecule has 1 N–H and O–H groups in total. The lowest BCUT2D eigenvalue weighted by Gasteiger charge is -1.97. The molecule has 0 aliphatic rings. The van der Waals surface area contributed by atoms with Gasteiger partial charge in [0.15, 0.2) is 11.4 Å². The number of hydrogen-bond donors (Lipinski definition) is 1. The molecule has 98 valence electrons. The largest absolute Gasteiger partial charge is 0.478 e. The summed E-state index contributed by atoms with van der Waals surface area (Å²) in [5.74, 6) is -2.14. The van der Waals surface area contributed by atoms with Crippen LogP contribution in [0.2, 0.25) is 0 Å². The van der Waals surface area contributed by atoms with Crippen molar-refractivity contribution in [3.63, 3.8) is 0 Å². The van der Waals surface area contributed by atoms with E-state index in [0.717, 1.165) is 12.2 Å². The Morgan fingerprint density at radius 1 is 1.37 bits per heavy atom. The molecule has 0 amide bonds. The van der Waals surface area contributed by atoms with Gasteiger partial charge in [-0.3, -0.25) is 9.36 Å². The Bertz CT molecular complexity index is 735. The SMILES string of the molecule is CCn1c(=O)oc2cc(C(=O)C=CC(=O)O)ccc21. The normalized spacial score (nSPS) is 11.2. The summed E-state index contributed by atoms with van der Waals surface area (Å²) in [4.78, 5) is 33.5. The number of carboxylic acid groups (broad SMARTS) is 1. The van der Waals surface area contributed by atoms with Crippen molar-refractivity contribution in [1.29, 1.82) is 0 Å². The molecule has 0 saturated carbocycles. The lowest BCUT2D eigenvalue weighted by Crippen LogP contribution is -2.11. The summed E-state index contributed by atoms with van der Waals surface area (Å²) in [5.41, 5.74) is 1.18. The third kappa shape index (κ3) is 2.47. The maximum absolute atomic E-state index is 11.7. The monoisotopic (exact) mass is 261 g/mol. The second-order valence-corrected chi connectivity index (χ2v) is 3.83. The van der Waals surface area contributed by atoms with Crippen molar-refractivity contribution in [2.45, 2.75) is 13.5 Å². The van der Waals surface area contributed by atoms with E-state index in [1.54, 1.807) is 6.07 Å². The van der Waals surface area contributed by atoms with Crippen molar-refractivity contribution in [3.8, 4) is 0 Å². The Morgan fingerprint density at radius 2 is 2.11 bits per heavy atom. The van der Waals surface area contributed by atoms with Crippen molar-refractivity contribution in [1.82, 2.24) is 4.57 Å². The van der Waals surface area contributed by atoms with Crippen LogP contribution in [-0.2, 0) is 11.3 Å². The zero-order valence-corrected chi connectivity index (χ0v) is 10.1. The summed E-state index contributed by atoms with van der Waals surface area (Å²) in [6, 6.07) is 4.56. The first kappa shape index (κ1) is 12.8. The molecule has 1 heterocycles. The maximum atomic E-state index is 11.7. The van der Waals surface area contributed by atoms with Gasteiger partial charge >= 0.3 is 11.7 Å². The van der Waals surface area contributed by atoms with E-state index in [-0.39, 0.29) is 5.56 Å². The van der Waals surface area contributed by atoms with Gasteiger partial charge in [0, 0.05) is 18.2 Å². The number of ketones is 1. The molecule has 2 rings (SSSR count). The Kier molecular flexibility index (Phi) is 3.33. The molecular formula is C13H11NO5. The number of carboxylic acids is 1. The number of aromatic nitrogens is 1. The minimum absolute atomic E-state index is 0.266. The highest BCUT2D eigenvalue weighted by Gasteiger charge is 2.10. The van der Waals surface area contributed by atoms with Crippen LogP contribution in [0.15, 0.2) is 39.6 Å². The number of nitrogens with zero attached hydrogens (tertiary/aromatic N) is 1. The zero-order chi connectivity index (χ0) is 14.0. The number of aryl methyl sites for hydroxylation is 1. The Morgan fingerprint density at radius 3 is 2.74 bits per heavy atom. The topological polar surface area (TPSA) is 89.5 Å². The third-order valence-corrected chi connectivity index (χ3v) is 2.65. The van der Waals surface area contributed by atoms with Crippen LogP contribution in [0.4, 0.5) is 0 Å². The predicted octanol–water partition coefficient (Wildman–Crippen LogP) is 1.44. The predicted molar refractivity (Wildman–Crippen MR) is 67.3 cm³/mol. The van der Waals surface area contributed by atoms with E-state index in [9.17, 15) is 14.4 Å². The average Bonchev–Trinajstić information content (AvgIpc) is 2.69. The number of fused-ring (bicyclic) bond motifs is 1. The van der Waals surface area contributed by atoms with E-state index in [1.165, 1.54) is 16.7 Å². The fourth-order valence-corrected chi connectivity index (χ4v) is 1.76. The second-order valence-electron chi connectivity index (χ2n) is 3.83. The summed E-state index contributed by atoms with van der Waals surface area (Å²) in [7, 11) is 0. The fourth-order valence-electron chi connectivity index (χ4n) is 1.76. The number of aliphatic carboxylic acids is 1. The first-order valence-corrected chi connectivity index (χ1v) is 5.61. The van der Waals surface area contributed by atoms with Gasteiger partial charge in [0.1, 0.15) is 0 Å². The van der Waals surface area contributed by atoms with Gasteiger partial charge in [0.25, 0.3) is 0 Å². The van der Waals surface area contributed by atoms with Crippen molar-refractivity contribution in [2.24, 2.45) is 0 Å². The van der Waals surface area contributed by atoms with E-state index in [2.05, 4.69) is 0 Å². The van der Waals surface area contributed by atoms with Crippen LogP contribution >= 0.6 is 0 Å². The number of allylic oxidation sites excluding steroid dienone is 1. The fraction of sp³-hybridized carbons (Fsp3) is 0.154. The minimum atomic E-state index is -1.20. The number of oxazole rings is 1. The second kappa shape index (κ2) is 4.93. The molecule has 6 nitrogen and oxygen atoms in total. The number of hydrogen-bond acceptors (Lipinski definition) is 4. The van der Waals surface area contributed by atoms with Gasteiger partial charge < -0.3 is 9.52 Å². The number of benzene rings is 1. The summed E-state index contributed by atoms with van der Waals surface area (Å²) in [5, 5.41) is 8.45. The summed E-state index contributed by atoms with van der Waals surface area (Å²) < 4.78 is 6.46. The van der Waals surface area contributed by atoms with Crippen LogP contribution in [0.3, 0.4) is 0 Å². The van der Waals surface area contributed by atoms with Gasteiger partial charge in [-0.05, 0) is 31.2 Å². The number of rotatable bonds is 4. The quantitative estimate of drug-likeness (QED) is 0.664. The van der Waals surface area contributed by atoms with Crippen molar-refractivity contribution < 1.29 is 19.1 Å². The molecule has 0 radical (unpaired) electrons. The van der Waals surface area contributed by atoms with Crippen LogP contribution in [-0.4, -0.2) is 21.4 Å². The van der Waals surface area contributed by atoms with E-state index >= 15 is 0 Å². The first-order valence-electron chi connectivity index (χ1n) is 5.61. The molecule has 0 bridgehead atoms. The highest BCUT2D eigenvalue weighted by Crippen LogP contribution is 2.15. The van der Waals surface area contributed by atoms with E-state index in [4.69, 9.17) is 9.52 Å². The van der Waals surface area contributed by atoms with Crippen molar-refractivity contribution >= 4 is 22.9 Å². The summed E-state index contributed by atoms with van der Waals surface area (Å²) in [6.45, 7) is 2.28. The molecule has 0 unspecified atom stereocenters. The molecule has 1 aromatic heterocycles. The van der Waals surface area contributed by atoms with Crippen LogP contribution in [0.5, 0.6) is 0 Å². The first-order chi connectivity index (χ1) is 9.02. The maximum Gasteiger partial charge on any atom is 0.419 e. The minimum Gasteiger partial charge on any atom is -0.478 e. The van der Waals surface area contributed by atoms with E-state index < -0.39 is 17.5 Å². The highest BCUT2D eigenvalue weighted by atomic mass is 16.4. The lowest BCUT2D eigenvalue weighted by molar-refractivity contribution is -0.131. The van der Waals surface area contributed by atoms with Crippen LogP contribution in [0.25, 0.3) is 11.1 Å². The molecule has 0 saturated heterocycles. The zero-order valence-electron chi connectivity index (χ0n) is 10.1. The van der Waals surface area contributed by atoms with E-state index in [0.29, 0.717) is 17.6 Å². The van der Waals surface area contributed by atoms with Gasteiger partial charge in [-0.25, -0.2) is 9.59 Å². The average molecular weight is 261 g/mol. The number of carbonyl (C=O) groups excluding carboxylic acids is 1. The Balaban J connectivity index is 2.45. The molecular weight excluding hydrogens is 250 g/mol. The van der Waals surface area contributed by atoms with Gasteiger partial charge in [0.2, 0.25) is 0 Å². The molecule has 0 spiro atoms. The summed E-state index contributed by atoms with van der Waals surface area (Å²) >= 11 is 0. The molecule has 6 heteroatoms. The van der Waals surface area contributed by atoms with Gasteiger partial charge in [0.05, 0.1) is 5.52 Å². The summed E-state index contributed by atoms with van der Waals surface area (Å²) in [6.07, 6.45) is 1.72. The lowest BCUT2D eigenvalue weighted by atomic mass is 10.1. The van der Waals surface area contributed by atoms with Crippen LogP contribution < -0.4 is 5.76 Å². The van der Waals surface area contributed by atoms with Crippen LogP contribution in [0.1, 0.15) is 17.3 Å². The van der Waals surface area contributed by atoms with Crippen molar-refractivity contribution in [2.75, 3.05) is 0 Å².